The van der Waals surface area contributed by atoms with Crippen molar-refractivity contribution in [2.24, 2.45) is 5.92 Å². The lowest BCUT2D eigenvalue weighted by atomic mass is 9.95. The predicted octanol–water partition coefficient (Wildman–Crippen LogP) is 3.30. The molecular weight excluding hydrogens is 544 g/mol. The van der Waals surface area contributed by atoms with Gasteiger partial charge in [-0.1, -0.05) is 18.8 Å². The summed E-state index contributed by atoms with van der Waals surface area (Å²) in [6, 6.07) is 5.22. The Morgan fingerprint density at radius 1 is 1.20 bits per heavy atom. The van der Waals surface area contributed by atoms with Gasteiger partial charge in [-0.15, -0.1) is 0 Å². The van der Waals surface area contributed by atoms with Crippen LogP contribution in [0.4, 0.5) is 23.2 Å². The van der Waals surface area contributed by atoms with Crippen LogP contribution in [0.3, 0.4) is 0 Å². The fourth-order valence-corrected chi connectivity index (χ4v) is 4.66. The fourth-order valence-electron chi connectivity index (χ4n) is 4.66. The van der Waals surface area contributed by atoms with E-state index in [-0.39, 0.29) is 46.4 Å². The SMILES string of the molecule is CNC(=O)c1cc(NCC#Cc2cc(C(=O)N[C@H]3CCNC[C@@H]3C)c3ncn(CC(F)(F)F)c3c2)c(OC)cc1F. The number of aromatic nitrogens is 2. The Kier molecular flexibility index (Phi) is 9.02. The summed E-state index contributed by atoms with van der Waals surface area (Å²) in [7, 11) is 2.73. The molecule has 2 amide bonds. The topological polar surface area (TPSA) is 109 Å². The van der Waals surface area contributed by atoms with Gasteiger partial charge in [0.05, 0.1) is 42.3 Å². The highest BCUT2D eigenvalue weighted by molar-refractivity contribution is 6.05. The predicted molar refractivity (Wildman–Crippen MR) is 145 cm³/mol. The first-order valence-electron chi connectivity index (χ1n) is 12.9. The van der Waals surface area contributed by atoms with E-state index in [1.807, 2.05) is 6.92 Å². The molecule has 2 heterocycles. The summed E-state index contributed by atoms with van der Waals surface area (Å²) in [5.41, 5.74) is 0.837. The minimum Gasteiger partial charge on any atom is -0.494 e. The van der Waals surface area contributed by atoms with Gasteiger partial charge in [-0.2, -0.15) is 13.2 Å². The number of carbonyl (C=O) groups is 2. The van der Waals surface area contributed by atoms with E-state index >= 15 is 0 Å². The van der Waals surface area contributed by atoms with Crippen LogP contribution in [-0.2, 0) is 6.54 Å². The molecule has 4 N–H and O–H groups in total. The first kappa shape index (κ1) is 29.7. The van der Waals surface area contributed by atoms with Crippen LogP contribution in [0.5, 0.6) is 5.75 Å². The van der Waals surface area contributed by atoms with E-state index in [4.69, 9.17) is 4.74 Å². The molecule has 4 rings (SSSR count). The summed E-state index contributed by atoms with van der Waals surface area (Å²) in [5.74, 6) is 4.24. The molecule has 1 saturated heterocycles. The number of rotatable bonds is 7. The molecule has 0 aliphatic carbocycles. The van der Waals surface area contributed by atoms with E-state index in [1.54, 1.807) is 0 Å². The molecule has 2 atom stereocenters. The molecule has 0 saturated carbocycles. The van der Waals surface area contributed by atoms with E-state index in [1.165, 1.54) is 32.4 Å². The number of carbonyl (C=O) groups excluding carboxylic acids is 2. The van der Waals surface area contributed by atoms with Crippen LogP contribution in [0.1, 0.15) is 39.6 Å². The number of anilines is 1. The van der Waals surface area contributed by atoms with Crippen LogP contribution < -0.4 is 26.0 Å². The zero-order chi connectivity index (χ0) is 29.7. The lowest BCUT2D eigenvalue weighted by Crippen LogP contribution is -2.48. The molecule has 0 unspecified atom stereocenters. The number of fused-ring (bicyclic) bond motifs is 1. The van der Waals surface area contributed by atoms with Crippen LogP contribution in [-0.4, -0.2) is 67.4 Å². The highest BCUT2D eigenvalue weighted by Gasteiger charge is 2.30. The van der Waals surface area contributed by atoms with Gasteiger partial charge in [0.15, 0.2) is 0 Å². The van der Waals surface area contributed by atoms with Crippen LogP contribution in [0.2, 0.25) is 0 Å². The van der Waals surface area contributed by atoms with Crippen molar-refractivity contribution in [2.75, 3.05) is 39.1 Å². The van der Waals surface area contributed by atoms with Crippen molar-refractivity contribution in [3.8, 4) is 17.6 Å². The van der Waals surface area contributed by atoms with Crippen LogP contribution in [0, 0.1) is 23.6 Å². The van der Waals surface area contributed by atoms with Crippen molar-refractivity contribution >= 4 is 28.5 Å². The lowest BCUT2D eigenvalue weighted by molar-refractivity contribution is -0.139. The number of benzene rings is 2. The van der Waals surface area contributed by atoms with Crippen molar-refractivity contribution in [2.45, 2.75) is 32.1 Å². The molecule has 1 aromatic heterocycles. The number of hydrogen-bond acceptors (Lipinski definition) is 6. The molecule has 218 valence electrons. The average molecular weight is 575 g/mol. The summed E-state index contributed by atoms with van der Waals surface area (Å²) in [6.45, 7) is 2.23. The molecule has 2 aromatic carbocycles. The fraction of sp³-hybridized carbons (Fsp3) is 0.393. The van der Waals surface area contributed by atoms with E-state index in [0.717, 1.165) is 36.5 Å². The molecule has 13 heteroatoms. The number of ether oxygens (including phenoxy) is 1. The highest BCUT2D eigenvalue weighted by Crippen LogP contribution is 2.28. The zero-order valence-electron chi connectivity index (χ0n) is 22.7. The van der Waals surface area contributed by atoms with Crippen molar-refractivity contribution in [3.63, 3.8) is 0 Å². The molecule has 1 fully saturated rings. The average Bonchev–Trinajstić information content (AvgIpc) is 3.32. The van der Waals surface area contributed by atoms with Gasteiger partial charge in [0, 0.05) is 24.7 Å². The second-order valence-electron chi connectivity index (χ2n) is 9.70. The van der Waals surface area contributed by atoms with Crippen molar-refractivity contribution in [1.82, 2.24) is 25.5 Å². The zero-order valence-corrected chi connectivity index (χ0v) is 22.7. The third-order valence-electron chi connectivity index (χ3n) is 6.78. The number of methoxy groups -OCH3 is 1. The van der Waals surface area contributed by atoms with Gasteiger partial charge in [0.2, 0.25) is 0 Å². The van der Waals surface area contributed by atoms with Gasteiger partial charge in [0.25, 0.3) is 11.8 Å². The Labute approximate surface area is 234 Å². The van der Waals surface area contributed by atoms with Crippen LogP contribution in [0.25, 0.3) is 11.0 Å². The maximum absolute atomic E-state index is 14.3. The van der Waals surface area contributed by atoms with E-state index in [0.29, 0.717) is 11.3 Å². The Morgan fingerprint density at radius 3 is 2.66 bits per heavy atom. The number of halogens is 4. The number of nitrogens with one attached hydrogen (secondary N) is 4. The maximum atomic E-state index is 14.3. The first-order valence-corrected chi connectivity index (χ1v) is 12.9. The molecule has 1 aliphatic rings. The molecule has 0 radical (unpaired) electrons. The van der Waals surface area contributed by atoms with Gasteiger partial charge in [-0.25, -0.2) is 9.37 Å². The highest BCUT2D eigenvalue weighted by atomic mass is 19.4. The Morgan fingerprint density at radius 2 is 1.98 bits per heavy atom. The smallest absolute Gasteiger partial charge is 0.406 e. The van der Waals surface area contributed by atoms with Crippen molar-refractivity contribution < 1.29 is 31.9 Å². The quantitative estimate of drug-likeness (QED) is 0.255. The third kappa shape index (κ3) is 7.07. The molecule has 1 aliphatic heterocycles. The number of imidazole rings is 1. The van der Waals surface area contributed by atoms with E-state index < -0.39 is 30.4 Å². The summed E-state index contributed by atoms with van der Waals surface area (Å²) in [5, 5.41) is 11.6. The number of alkyl halides is 3. The molecule has 9 nitrogen and oxygen atoms in total. The van der Waals surface area contributed by atoms with Crippen molar-refractivity contribution in [3.05, 3.63) is 53.1 Å². The summed E-state index contributed by atoms with van der Waals surface area (Å²) in [4.78, 5) is 29.4. The standard InChI is InChI=1S/C28H30F4N6O3/c1-16-13-34-8-6-21(16)37-27(40)19-9-17(10-23-25(19)36-15-38(23)14-28(30,31)32)5-4-7-35-22-11-18(26(39)33-2)20(29)12-24(22)41-3/h9-12,15-16,21,34-35H,6-8,13-14H2,1-3H3,(H,33,39)(H,37,40)/t16-,21-/m0/s1. The van der Waals surface area contributed by atoms with E-state index in [9.17, 15) is 27.2 Å². The minimum absolute atomic E-state index is 0.0170. The summed E-state index contributed by atoms with van der Waals surface area (Å²) >= 11 is 0. The van der Waals surface area contributed by atoms with Gasteiger partial charge in [-0.3, -0.25) is 9.59 Å². The van der Waals surface area contributed by atoms with Crippen LogP contribution in [0.15, 0.2) is 30.6 Å². The molecule has 41 heavy (non-hydrogen) atoms. The monoisotopic (exact) mass is 574 g/mol. The lowest BCUT2D eigenvalue weighted by Gasteiger charge is -2.30. The Hall–Kier alpha value is -4.31. The minimum atomic E-state index is -4.49. The molecular formula is C28H30F4N6O3. The van der Waals surface area contributed by atoms with Crippen LogP contribution >= 0.6 is 0 Å². The summed E-state index contributed by atoms with van der Waals surface area (Å²) < 4.78 is 60.1. The number of piperidine rings is 1. The summed E-state index contributed by atoms with van der Waals surface area (Å²) in [6.07, 6.45) is -2.71. The second kappa shape index (κ2) is 12.5. The van der Waals surface area contributed by atoms with Gasteiger partial charge >= 0.3 is 6.18 Å². The largest absolute Gasteiger partial charge is 0.494 e. The maximum Gasteiger partial charge on any atom is 0.406 e. The molecule has 0 bridgehead atoms. The first-order chi connectivity index (χ1) is 19.5. The van der Waals surface area contributed by atoms with E-state index in [2.05, 4.69) is 38.1 Å². The molecule has 3 aromatic rings. The second-order valence-corrected chi connectivity index (χ2v) is 9.70. The Balaban J connectivity index is 1.63. The number of amides is 2. The number of hydrogen-bond donors (Lipinski definition) is 4. The normalized spacial score (nSPS) is 17.0. The molecule has 0 spiro atoms. The van der Waals surface area contributed by atoms with Crippen molar-refractivity contribution in [1.29, 1.82) is 0 Å². The third-order valence-corrected chi connectivity index (χ3v) is 6.78. The number of nitrogens with zero attached hydrogens (tertiary/aromatic N) is 2. The van der Waals surface area contributed by atoms with Gasteiger partial charge in [-0.05, 0) is 43.6 Å². The van der Waals surface area contributed by atoms with Gasteiger partial charge < -0.3 is 30.6 Å². The Bertz CT molecular complexity index is 1510. The van der Waals surface area contributed by atoms with Gasteiger partial charge in [0.1, 0.15) is 23.6 Å².